The van der Waals surface area contributed by atoms with Crippen LogP contribution in [0.15, 0.2) is 37.4 Å². The second kappa shape index (κ2) is 4.87. The highest BCUT2D eigenvalue weighted by Gasteiger charge is 2.09. The number of allylic oxidation sites excluding steroid dienone is 2. The van der Waals surface area contributed by atoms with Crippen molar-refractivity contribution in [3.05, 3.63) is 53.6 Å². The molecule has 1 rings (SSSR count). The molecule has 0 aromatic heterocycles. The summed E-state index contributed by atoms with van der Waals surface area (Å²) in [6, 6.07) is 3.30. The van der Waals surface area contributed by atoms with Gasteiger partial charge in [0.05, 0.1) is 0 Å². The Hall–Kier alpha value is -1.21. The third-order valence-electron chi connectivity index (χ3n) is 2.05. The van der Waals surface area contributed by atoms with Gasteiger partial charge in [-0.2, -0.15) is 0 Å². The van der Waals surface area contributed by atoms with Crippen molar-refractivity contribution in [1.29, 1.82) is 0 Å². The fraction of sp³-hybridized carbons (Fsp3) is 0.167. The molecule has 0 heterocycles. The topological polar surface area (TPSA) is 20.2 Å². The third-order valence-corrected chi connectivity index (χ3v) is 2.40. The minimum atomic E-state index is 0.270. The van der Waals surface area contributed by atoms with Crippen LogP contribution in [0.5, 0.6) is 5.75 Å². The van der Waals surface area contributed by atoms with E-state index in [0.29, 0.717) is 17.9 Å². The van der Waals surface area contributed by atoms with Crippen LogP contribution in [0.1, 0.15) is 11.1 Å². The van der Waals surface area contributed by atoms with Crippen LogP contribution in [0.4, 0.5) is 0 Å². The van der Waals surface area contributed by atoms with Crippen LogP contribution in [-0.2, 0) is 12.8 Å². The van der Waals surface area contributed by atoms with Crippen LogP contribution < -0.4 is 0 Å². The van der Waals surface area contributed by atoms with Crippen molar-refractivity contribution in [2.24, 2.45) is 0 Å². The summed E-state index contributed by atoms with van der Waals surface area (Å²) >= 11 is 6.02. The summed E-state index contributed by atoms with van der Waals surface area (Å²) in [5, 5.41) is 10.3. The van der Waals surface area contributed by atoms with Gasteiger partial charge in [0, 0.05) is 10.6 Å². The number of hydrogen-bond acceptors (Lipinski definition) is 1. The maximum Gasteiger partial charge on any atom is 0.119 e. The average Bonchev–Trinajstić information content (AvgIpc) is 2.17. The predicted molar refractivity (Wildman–Crippen MR) is 60.9 cm³/mol. The van der Waals surface area contributed by atoms with Crippen molar-refractivity contribution in [2.75, 3.05) is 0 Å². The first-order valence-corrected chi connectivity index (χ1v) is 4.79. The molecule has 0 saturated heterocycles. The molecule has 1 N–H and O–H groups in total. The van der Waals surface area contributed by atoms with Gasteiger partial charge < -0.3 is 5.11 Å². The molecule has 0 radical (unpaired) electrons. The maximum absolute atomic E-state index is 9.63. The first-order valence-electron chi connectivity index (χ1n) is 4.41. The molecule has 0 saturated carbocycles. The van der Waals surface area contributed by atoms with Crippen LogP contribution in [0.2, 0.25) is 5.02 Å². The van der Waals surface area contributed by atoms with Crippen LogP contribution in [0.3, 0.4) is 0 Å². The van der Waals surface area contributed by atoms with E-state index < -0.39 is 0 Å². The van der Waals surface area contributed by atoms with Crippen molar-refractivity contribution >= 4 is 11.6 Å². The molecule has 0 atom stereocenters. The molecule has 0 aliphatic heterocycles. The van der Waals surface area contributed by atoms with E-state index in [4.69, 9.17) is 11.6 Å². The standard InChI is InChI=1S/C12H13ClO/c1-3-5-9-10(6-4-2)12(14)8-7-11(9)13/h3-4,7-8,14H,1-2,5-6H2. The summed E-state index contributed by atoms with van der Waals surface area (Å²) in [7, 11) is 0. The molecule has 0 spiro atoms. The summed E-state index contributed by atoms with van der Waals surface area (Å²) in [5.74, 6) is 0.270. The molecule has 0 unspecified atom stereocenters. The van der Waals surface area contributed by atoms with Crippen molar-refractivity contribution in [1.82, 2.24) is 0 Å². The molecular formula is C12H13ClO. The Morgan fingerprint density at radius 1 is 1.14 bits per heavy atom. The second-order valence-corrected chi connectivity index (χ2v) is 3.42. The molecule has 0 amide bonds. The Morgan fingerprint density at radius 3 is 2.29 bits per heavy atom. The molecular weight excluding hydrogens is 196 g/mol. The molecule has 0 bridgehead atoms. The monoisotopic (exact) mass is 208 g/mol. The van der Waals surface area contributed by atoms with E-state index in [1.807, 2.05) is 0 Å². The number of rotatable bonds is 4. The molecule has 1 aromatic rings. The van der Waals surface area contributed by atoms with Crippen molar-refractivity contribution in [3.8, 4) is 5.75 Å². The molecule has 1 aromatic carbocycles. The molecule has 0 aliphatic rings. The minimum Gasteiger partial charge on any atom is -0.508 e. The van der Waals surface area contributed by atoms with Crippen molar-refractivity contribution < 1.29 is 5.11 Å². The smallest absolute Gasteiger partial charge is 0.119 e. The number of aromatic hydroxyl groups is 1. The molecule has 0 aliphatic carbocycles. The van der Waals surface area contributed by atoms with Crippen molar-refractivity contribution in [2.45, 2.75) is 12.8 Å². The summed E-state index contributed by atoms with van der Waals surface area (Å²) < 4.78 is 0. The van der Waals surface area contributed by atoms with Gasteiger partial charge in [-0.25, -0.2) is 0 Å². The normalized spacial score (nSPS) is 9.79. The molecule has 2 heteroatoms. The molecule has 14 heavy (non-hydrogen) atoms. The van der Waals surface area contributed by atoms with Gasteiger partial charge in [-0.05, 0) is 30.5 Å². The zero-order valence-electron chi connectivity index (χ0n) is 7.96. The quantitative estimate of drug-likeness (QED) is 0.751. The van der Waals surface area contributed by atoms with Gasteiger partial charge in [0.1, 0.15) is 5.75 Å². The van der Waals surface area contributed by atoms with Gasteiger partial charge in [0.2, 0.25) is 0 Å². The van der Waals surface area contributed by atoms with E-state index in [0.717, 1.165) is 11.1 Å². The first kappa shape index (κ1) is 10.9. The summed E-state index contributed by atoms with van der Waals surface area (Å²) in [6.07, 6.45) is 4.80. The first-order chi connectivity index (χ1) is 6.70. The Bertz CT molecular complexity index is 321. The summed E-state index contributed by atoms with van der Waals surface area (Å²) in [5.41, 5.74) is 1.77. The molecule has 0 fully saturated rings. The molecule has 74 valence electrons. The number of hydrogen-bond donors (Lipinski definition) is 1. The van der Waals surface area contributed by atoms with E-state index in [1.165, 1.54) is 0 Å². The molecule has 1 nitrogen and oxygen atoms in total. The van der Waals surface area contributed by atoms with E-state index in [-0.39, 0.29) is 5.75 Å². The fourth-order valence-electron chi connectivity index (χ4n) is 1.39. The van der Waals surface area contributed by atoms with Gasteiger partial charge >= 0.3 is 0 Å². The Labute approximate surface area is 89.3 Å². The SMILES string of the molecule is C=CCc1c(O)ccc(Cl)c1CC=C. The summed E-state index contributed by atoms with van der Waals surface area (Å²) in [4.78, 5) is 0. The fourth-order valence-corrected chi connectivity index (χ4v) is 1.64. The van der Waals surface area contributed by atoms with Gasteiger partial charge in [0.25, 0.3) is 0 Å². The van der Waals surface area contributed by atoms with Gasteiger partial charge in [-0.1, -0.05) is 23.8 Å². The number of phenolic OH excluding ortho intramolecular Hbond substituents is 1. The predicted octanol–water partition coefficient (Wildman–Crippen LogP) is 3.50. The van der Waals surface area contributed by atoms with E-state index >= 15 is 0 Å². The lowest BCUT2D eigenvalue weighted by Crippen LogP contribution is -1.93. The van der Waals surface area contributed by atoms with Crippen LogP contribution in [0.25, 0.3) is 0 Å². The average molecular weight is 209 g/mol. The highest BCUT2D eigenvalue weighted by Crippen LogP contribution is 2.29. The van der Waals surface area contributed by atoms with Gasteiger partial charge in [0.15, 0.2) is 0 Å². The van der Waals surface area contributed by atoms with Gasteiger partial charge in [-0.3, -0.25) is 0 Å². The highest BCUT2D eigenvalue weighted by atomic mass is 35.5. The van der Waals surface area contributed by atoms with Crippen LogP contribution >= 0.6 is 11.6 Å². The number of benzene rings is 1. The van der Waals surface area contributed by atoms with Crippen LogP contribution in [-0.4, -0.2) is 5.11 Å². The Morgan fingerprint density at radius 2 is 1.71 bits per heavy atom. The highest BCUT2D eigenvalue weighted by molar-refractivity contribution is 6.31. The Kier molecular flexibility index (Phi) is 3.78. The van der Waals surface area contributed by atoms with E-state index in [2.05, 4.69) is 13.2 Å². The lowest BCUT2D eigenvalue weighted by atomic mass is 10.0. The van der Waals surface area contributed by atoms with Crippen molar-refractivity contribution in [3.63, 3.8) is 0 Å². The van der Waals surface area contributed by atoms with E-state index in [9.17, 15) is 5.11 Å². The van der Waals surface area contributed by atoms with Crippen LogP contribution in [0, 0.1) is 0 Å². The Balaban J connectivity index is 3.24. The van der Waals surface area contributed by atoms with Gasteiger partial charge in [-0.15, -0.1) is 13.2 Å². The lowest BCUT2D eigenvalue weighted by molar-refractivity contribution is 0.469. The second-order valence-electron chi connectivity index (χ2n) is 3.01. The minimum absolute atomic E-state index is 0.270. The number of phenols is 1. The number of halogens is 1. The van der Waals surface area contributed by atoms with E-state index in [1.54, 1.807) is 24.3 Å². The zero-order valence-corrected chi connectivity index (χ0v) is 8.72. The lowest BCUT2D eigenvalue weighted by Gasteiger charge is -2.10. The maximum atomic E-state index is 9.63. The zero-order chi connectivity index (χ0) is 10.6. The summed E-state index contributed by atoms with van der Waals surface area (Å²) in [6.45, 7) is 7.31. The largest absolute Gasteiger partial charge is 0.508 e. The third kappa shape index (κ3) is 2.18.